The number of nitrogens with one attached hydrogen (secondary N) is 1. The summed E-state index contributed by atoms with van der Waals surface area (Å²) in [7, 11) is 0. The van der Waals surface area contributed by atoms with Crippen LogP contribution in [0.1, 0.15) is 13.8 Å². The zero-order valence-corrected chi connectivity index (χ0v) is 9.88. The number of aliphatic hydroxyl groups excluding tert-OH is 1. The first-order valence-corrected chi connectivity index (χ1v) is 5.24. The molecule has 0 heterocycles. The average molecular weight is 243 g/mol. The van der Waals surface area contributed by atoms with E-state index in [0.29, 0.717) is 6.54 Å². The van der Waals surface area contributed by atoms with Crippen molar-refractivity contribution in [1.82, 2.24) is 10.2 Å². The van der Waals surface area contributed by atoms with E-state index < -0.39 is 24.6 Å². The van der Waals surface area contributed by atoms with Crippen LogP contribution in [0.25, 0.3) is 0 Å². The van der Waals surface area contributed by atoms with Crippen LogP contribution < -0.4 is 5.32 Å². The molecule has 96 valence electrons. The molecular weight excluding hydrogens is 226 g/mol. The highest BCUT2D eigenvalue weighted by Gasteiger charge is 2.22. The molecule has 2 atom stereocenters. The van der Waals surface area contributed by atoms with E-state index in [-0.39, 0.29) is 12.5 Å². The van der Waals surface area contributed by atoms with E-state index in [0.717, 1.165) is 0 Å². The molecule has 0 saturated carbocycles. The van der Waals surface area contributed by atoms with Gasteiger partial charge in [0.15, 0.2) is 6.04 Å². The monoisotopic (exact) mass is 243 g/mol. The van der Waals surface area contributed by atoms with Crippen molar-refractivity contribution in [2.75, 3.05) is 19.7 Å². The fraction of sp³-hybridized carbons (Fsp3) is 0.700. The summed E-state index contributed by atoms with van der Waals surface area (Å²) in [5.41, 5.74) is 0. The van der Waals surface area contributed by atoms with E-state index >= 15 is 0 Å². The molecule has 0 bridgehead atoms. The summed E-state index contributed by atoms with van der Waals surface area (Å²) in [5.74, 6) is -1.64. The average Bonchev–Trinajstić information content (AvgIpc) is 2.31. The summed E-state index contributed by atoms with van der Waals surface area (Å²) in [4.78, 5) is 23.6. The van der Waals surface area contributed by atoms with Gasteiger partial charge in [-0.25, -0.2) is 9.59 Å². The molecule has 0 aromatic heterocycles. The number of aliphatic hydroxyl groups is 1. The number of carboxylic acids is 1. The van der Waals surface area contributed by atoms with Crippen LogP contribution >= 0.6 is 0 Å². The Bertz CT molecular complexity index is 313. The van der Waals surface area contributed by atoms with Gasteiger partial charge in [0.2, 0.25) is 0 Å². The van der Waals surface area contributed by atoms with E-state index in [9.17, 15) is 9.59 Å². The Kier molecular flexibility index (Phi) is 6.67. The van der Waals surface area contributed by atoms with Gasteiger partial charge < -0.3 is 20.4 Å². The van der Waals surface area contributed by atoms with Gasteiger partial charge in [0.25, 0.3) is 0 Å². The summed E-state index contributed by atoms with van der Waals surface area (Å²) >= 11 is 0. The van der Waals surface area contributed by atoms with Gasteiger partial charge in [0.05, 0.1) is 18.6 Å². The molecule has 0 spiro atoms. The van der Waals surface area contributed by atoms with Gasteiger partial charge in [-0.05, 0) is 13.8 Å². The standard InChI is InChI=1S/C10H17N3O4/c1-3-13(5-7(2)4-11)10(17)12-8(6-14)9(15)16/h7-8,14H,3,5-6H2,1-2H3,(H,12,17)(H,15,16)/t7?,8-/m0/s1. The molecule has 0 radical (unpaired) electrons. The van der Waals surface area contributed by atoms with Crippen LogP contribution in [-0.2, 0) is 4.79 Å². The second-order valence-electron chi connectivity index (χ2n) is 3.59. The van der Waals surface area contributed by atoms with Crippen molar-refractivity contribution in [2.24, 2.45) is 5.92 Å². The van der Waals surface area contributed by atoms with Crippen LogP contribution in [0.2, 0.25) is 0 Å². The molecule has 0 rings (SSSR count). The number of aliphatic carboxylic acids is 1. The maximum atomic E-state index is 11.6. The van der Waals surface area contributed by atoms with Gasteiger partial charge in [-0.2, -0.15) is 5.26 Å². The lowest BCUT2D eigenvalue weighted by atomic mass is 10.2. The molecule has 7 heteroatoms. The first-order valence-electron chi connectivity index (χ1n) is 5.24. The number of hydrogen-bond acceptors (Lipinski definition) is 4. The Hall–Kier alpha value is -1.81. The fourth-order valence-electron chi connectivity index (χ4n) is 1.15. The summed E-state index contributed by atoms with van der Waals surface area (Å²) in [6.45, 7) is 3.29. The number of nitriles is 1. The SMILES string of the molecule is CCN(CC(C)C#N)C(=O)N[C@@H](CO)C(=O)O. The minimum Gasteiger partial charge on any atom is -0.480 e. The molecule has 0 aromatic rings. The first-order chi connectivity index (χ1) is 7.96. The molecule has 0 aliphatic carbocycles. The van der Waals surface area contributed by atoms with Gasteiger partial charge in [-0.15, -0.1) is 0 Å². The normalized spacial score (nSPS) is 13.3. The fourth-order valence-corrected chi connectivity index (χ4v) is 1.15. The molecule has 17 heavy (non-hydrogen) atoms. The van der Waals surface area contributed by atoms with Crippen molar-refractivity contribution in [3.05, 3.63) is 0 Å². The Balaban J connectivity index is 4.45. The molecule has 3 N–H and O–H groups in total. The minimum atomic E-state index is -1.33. The third-order valence-electron chi connectivity index (χ3n) is 2.16. The number of hydrogen-bond donors (Lipinski definition) is 3. The van der Waals surface area contributed by atoms with Crippen LogP contribution in [0.15, 0.2) is 0 Å². The lowest BCUT2D eigenvalue weighted by Crippen LogP contribution is -2.50. The number of carbonyl (C=O) groups is 2. The molecule has 0 aliphatic heterocycles. The molecule has 0 aromatic carbocycles. The third kappa shape index (κ3) is 5.17. The smallest absolute Gasteiger partial charge is 0.328 e. The van der Waals surface area contributed by atoms with Crippen molar-refractivity contribution >= 4 is 12.0 Å². The Labute approximate surface area is 99.6 Å². The lowest BCUT2D eigenvalue weighted by Gasteiger charge is -2.24. The van der Waals surface area contributed by atoms with Crippen LogP contribution in [0.5, 0.6) is 0 Å². The molecular formula is C10H17N3O4. The predicted octanol–water partition coefficient (Wildman–Crippen LogP) is -0.377. The molecule has 0 aliphatic rings. The van der Waals surface area contributed by atoms with E-state index in [4.69, 9.17) is 15.5 Å². The molecule has 7 nitrogen and oxygen atoms in total. The van der Waals surface area contributed by atoms with Crippen molar-refractivity contribution in [2.45, 2.75) is 19.9 Å². The van der Waals surface area contributed by atoms with E-state index in [1.807, 2.05) is 6.07 Å². The Morgan fingerprint density at radius 2 is 2.12 bits per heavy atom. The number of carboxylic acid groups (broad SMARTS) is 1. The summed E-state index contributed by atoms with van der Waals surface area (Å²) in [6, 6.07) is 0.0614. The highest BCUT2D eigenvalue weighted by Crippen LogP contribution is 1.99. The maximum absolute atomic E-state index is 11.6. The number of rotatable bonds is 6. The van der Waals surface area contributed by atoms with E-state index in [1.165, 1.54) is 4.90 Å². The Morgan fingerprint density at radius 3 is 2.47 bits per heavy atom. The number of nitrogens with zero attached hydrogens (tertiary/aromatic N) is 2. The zero-order chi connectivity index (χ0) is 13.4. The first kappa shape index (κ1) is 15.2. The van der Waals surface area contributed by atoms with Crippen LogP contribution in [0.3, 0.4) is 0 Å². The number of urea groups is 1. The topological polar surface area (TPSA) is 114 Å². The van der Waals surface area contributed by atoms with Crippen molar-refractivity contribution in [3.8, 4) is 6.07 Å². The predicted molar refractivity (Wildman–Crippen MR) is 59.1 cm³/mol. The van der Waals surface area contributed by atoms with Crippen molar-refractivity contribution < 1.29 is 19.8 Å². The summed E-state index contributed by atoms with van der Waals surface area (Å²) in [5, 5.41) is 28.2. The maximum Gasteiger partial charge on any atom is 0.328 e. The minimum absolute atomic E-state index is 0.219. The number of carbonyl (C=O) groups excluding carboxylic acids is 1. The zero-order valence-electron chi connectivity index (χ0n) is 9.88. The third-order valence-corrected chi connectivity index (χ3v) is 2.16. The second kappa shape index (κ2) is 7.46. The molecule has 0 fully saturated rings. The Morgan fingerprint density at radius 1 is 1.53 bits per heavy atom. The summed E-state index contributed by atoms with van der Waals surface area (Å²) in [6.07, 6.45) is 0. The van der Waals surface area contributed by atoms with Gasteiger partial charge >= 0.3 is 12.0 Å². The van der Waals surface area contributed by atoms with E-state index in [1.54, 1.807) is 13.8 Å². The molecule has 2 amide bonds. The summed E-state index contributed by atoms with van der Waals surface area (Å²) < 4.78 is 0. The van der Waals surface area contributed by atoms with Crippen LogP contribution in [0, 0.1) is 17.2 Å². The lowest BCUT2D eigenvalue weighted by molar-refractivity contribution is -0.140. The highest BCUT2D eigenvalue weighted by atomic mass is 16.4. The van der Waals surface area contributed by atoms with E-state index in [2.05, 4.69) is 5.32 Å². The van der Waals surface area contributed by atoms with Crippen molar-refractivity contribution in [3.63, 3.8) is 0 Å². The highest BCUT2D eigenvalue weighted by molar-refractivity contribution is 5.82. The molecule has 0 saturated heterocycles. The van der Waals surface area contributed by atoms with Crippen LogP contribution in [0.4, 0.5) is 4.79 Å². The quantitative estimate of drug-likeness (QED) is 0.588. The van der Waals surface area contributed by atoms with Crippen molar-refractivity contribution in [1.29, 1.82) is 5.26 Å². The van der Waals surface area contributed by atoms with Gasteiger partial charge in [-0.1, -0.05) is 0 Å². The second-order valence-corrected chi connectivity index (χ2v) is 3.59. The number of amides is 2. The van der Waals surface area contributed by atoms with Crippen LogP contribution in [-0.4, -0.2) is 52.9 Å². The van der Waals surface area contributed by atoms with Gasteiger partial charge in [0, 0.05) is 13.1 Å². The van der Waals surface area contributed by atoms with Gasteiger partial charge in [0.1, 0.15) is 0 Å². The molecule has 1 unspecified atom stereocenters. The van der Waals surface area contributed by atoms with Gasteiger partial charge in [-0.3, -0.25) is 0 Å². The largest absolute Gasteiger partial charge is 0.480 e.